The summed E-state index contributed by atoms with van der Waals surface area (Å²) in [6, 6.07) is 3.16. The molecule has 72 valence electrons. The van der Waals surface area contributed by atoms with Gasteiger partial charge in [0.05, 0.1) is 12.3 Å². The highest BCUT2D eigenvalue weighted by atomic mass is 16.5. The summed E-state index contributed by atoms with van der Waals surface area (Å²) in [6.07, 6.45) is 1.24. The second-order valence-electron chi connectivity index (χ2n) is 2.49. The van der Waals surface area contributed by atoms with Crippen molar-refractivity contribution in [3.8, 4) is 6.07 Å². The Morgan fingerprint density at radius 3 is 3.00 bits per heavy atom. The predicted octanol–water partition coefficient (Wildman–Crippen LogP) is 0.712. The van der Waals surface area contributed by atoms with Gasteiger partial charge in [-0.05, 0) is 13.0 Å². The van der Waals surface area contributed by atoms with Gasteiger partial charge in [0.2, 0.25) is 0 Å². The Labute approximate surface area is 81.1 Å². The molecule has 5 nitrogen and oxygen atoms in total. The number of carbonyl (C=O) groups excluding carboxylic acids is 1. The highest BCUT2D eigenvalue weighted by Gasteiger charge is 2.11. The van der Waals surface area contributed by atoms with Crippen molar-refractivity contribution in [1.29, 1.82) is 5.26 Å². The van der Waals surface area contributed by atoms with E-state index in [4.69, 9.17) is 15.7 Å². The number of nitrogens with two attached hydrogens (primary N) is 1. The zero-order chi connectivity index (χ0) is 10.6. The second kappa shape index (κ2) is 4.23. The lowest BCUT2D eigenvalue weighted by molar-refractivity contribution is 0.0527. The van der Waals surface area contributed by atoms with Crippen molar-refractivity contribution >= 4 is 11.7 Å². The lowest BCUT2D eigenvalue weighted by Gasteiger charge is -2.03. The molecule has 0 aromatic carbocycles. The van der Waals surface area contributed by atoms with Crippen LogP contribution in [0.1, 0.15) is 23.0 Å². The molecule has 1 aromatic rings. The molecule has 5 heteroatoms. The fourth-order valence-corrected chi connectivity index (χ4v) is 0.911. The summed E-state index contributed by atoms with van der Waals surface area (Å²) < 4.78 is 4.74. The van der Waals surface area contributed by atoms with Gasteiger partial charge in [0.25, 0.3) is 0 Å². The molecule has 0 aliphatic heterocycles. The lowest BCUT2D eigenvalue weighted by atomic mass is 10.2. The maximum Gasteiger partial charge on any atom is 0.341 e. The Balaban J connectivity index is 3.01. The summed E-state index contributed by atoms with van der Waals surface area (Å²) >= 11 is 0. The van der Waals surface area contributed by atoms with Crippen LogP contribution in [-0.4, -0.2) is 17.6 Å². The number of ether oxygens (including phenoxy) is 1. The van der Waals surface area contributed by atoms with E-state index >= 15 is 0 Å². The maximum absolute atomic E-state index is 11.2. The van der Waals surface area contributed by atoms with Crippen molar-refractivity contribution < 1.29 is 9.53 Å². The van der Waals surface area contributed by atoms with E-state index in [9.17, 15) is 4.79 Å². The molecule has 0 aliphatic carbocycles. The number of hydrogen-bond acceptors (Lipinski definition) is 5. The molecule has 0 atom stereocenters. The number of nitrogen functional groups attached to an aromatic ring is 1. The first kappa shape index (κ1) is 9.99. The van der Waals surface area contributed by atoms with Gasteiger partial charge in [0, 0.05) is 6.20 Å². The molecule has 1 rings (SSSR count). The molecule has 0 fully saturated rings. The van der Waals surface area contributed by atoms with Crippen LogP contribution < -0.4 is 5.73 Å². The van der Waals surface area contributed by atoms with Gasteiger partial charge in [-0.1, -0.05) is 0 Å². The lowest BCUT2D eigenvalue weighted by Crippen LogP contribution is -2.08. The average molecular weight is 191 g/mol. The molecular weight excluding hydrogens is 182 g/mol. The molecule has 0 radical (unpaired) electrons. The van der Waals surface area contributed by atoms with Crippen LogP contribution in [0.25, 0.3) is 0 Å². The molecule has 0 bridgehead atoms. The zero-order valence-electron chi connectivity index (χ0n) is 7.65. The Morgan fingerprint density at radius 2 is 2.50 bits per heavy atom. The van der Waals surface area contributed by atoms with E-state index in [-0.39, 0.29) is 23.6 Å². The number of esters is 1. The number of nitrogens with zero attached hydrogens (tertiary/aromatic N) is 2. The molecule has 1 heterocycles. The minimum atomic E-state index is -0.526. The van der Waals surface area contributed by atoms with Crippen LogP contribution in [0.3, 0.4) is 0 Å². The first-order chi connectivity index (χ1) is 6.69. The number of aromatic nitrogens is 1. The number of pyridine rings is 1. The van der Waals surface area contributed by atoms with Gasteiger partial charge in [-0.25, -0.2) is 9.78 Å². The van der Waals surface area contributed by atoms with Crippen molar-refractivity contribution in [3.63, 3.8) is 0 Å². The molecule has 0 saturated heterocycles. The summed E-state index contributed by atoms with van der Waals surface area (Å²) in [5, 5.41) is 8.51. The number of anilines is 1. The quantitative estimate of drug-likeness (QED) is 0.695. The molecular formula is C9H9N3O2. The summed E-state index contributed by atoms with van der Waals surface area (Å²) in [5.74, 6) is -0.526. The minimum absolute atomic E-state index is 0.176. The zero-order valence-corrected chi connectivity index (χ0v) is 7.65. The van der Waals surface area contributed by atoms with E-state index in [1.165, 1.54) is 12.3 Å². The van der Waals surface area contributed by atoms with Crippen LogP contribution in [0.4, 0.5) is 5.69 Å². The molecule has 0 spiro atoms. The highest BCUT2D eigenvalue weighted by molar-refractivity contribution is 5.94. The standard InChI is InChI=1S/C9H9N3O2/c1-2-14-9(13)7-5-12-6(4-10)3-8(7)11/h3,5H,2H2,1H3,(H2,11,12). The molecule has 0 aliphatic rings. The average Bonchev–Trinajstić information content (AvgIpc) is 2.17. The topological polar surface area (TPSA) is 89.0 Å². The van der Waals surface area contributed by atoms with Gasteiger partial charge in [-0.2, -0.15) is 5.26 Å². The first-order valence-corrected chi connectivity index (χ1v) is 4.01. The SMILES string of the molecule is CCOC(=O)c1cnc(C#N)cc1N. The molecule has 0 unspecified atom stereocenters. The summed E-state index contributed by atoms with van der Waals surface area (Å²) in [5.41, 5.74) is 6.10. The Bertz CT molecular complexity index is 396. The summed E-state index contributed by atoms with van der Waals surface area (Å²) in [4.78, 5) is 15.0. The maximum atomic E-state index is 11.2. The van der Waals surface area contributed by atoms with Gasteiger partial charge in [-0.15, -0.1) is 0 Å². The van der Waals surface area contributed by atoms with Gasteiger partial charge in [0.15, 0.2) is 0 Å². The highest BCUT2D eigenvalue weighted by Crippen LogP contribution is 2.12. The van der Waals surface area contributed by atoms with E-state index in [0.717, 1.165) is 0 Å². The third-order valence-corrected chi connectivity index (χ3v) is 1.55. The second-order valence-corrected chi connectivity index (χ2v) is 2.49. The van der Waals surface area contributed by atoms with Crippen molar-refractivity contribution in [2.75, 3.05) is 12.3 Å². The van der Waals surface area contributed by atoms with Gasteiger partial charge in [0.1, 0.15) is 17.3 Å². The third kappa shape index (κ3) is 1.98. The fraction of sp³-hybridized carbons (Fsp3) is 0.222. The number of hydrogen-bond donors (Lipinski definition) is 1. The Morgan fingerprint density at radius 1 is 1.79 bits per heavy atom. The summed E-state index contributed by atoms with van der Waals surface area (Å²) in [7, 11) is 0. The van der Waals surface area contributed by atoms with Gasteiger partial charge in [-0.3, -0.25) is 0 Å². The number of carbonyl (C=O) groups is 1. The molecule has 0 amide bonds. The van der Waals surface area contributed by atoms with E-state index < -0.39 is 5.97 Å². The minimum Gasteiger partial charge on any atom is -0.462 e. The Kier molecular flexibility index (Phi) is 3.02. The molecule has 14 heavy (non-hydrogen) atoms. The molecule has 0 saturated carbocycles. The molecule has 2 N–H and O–H groups in total. The van der Waals surface area contributed by atoms with E-state index in [1.54, 1.807) is 6.92 Å². The van der Waals surface area contributed by atoms with Crippen LogP contribution in [-0.2, 0) is 4.74 Å². The first-order valence-electron chi connectivity index (χ1n) is 4.01. The largest absolute Gasteiger partial charge is 0.462 e. The van der Waals surface area contributed by atoms with E-state index in [2.05, 4.69) is 4.98 Å². The predicted molar refractivity (Wildman–Crippen MR) is 49.3 cm³/mol. The fourth-order valence-electron chi connectivity index (χ4n) is 0.911. The molecule has 1 aromatic heterocycles. The van der Waals surface area contributed by atoms with Crippen molar-refractivity contribution in [3.05, 3.63) is 23.5 Å². The van der Waals surface area contributed by atoms with Crippen LogP contribution in [0.5, 0.6) is 0 Å². The van der Waals surface area contributed by atoms with Gasteiger partial charge >= 0.3 is 5.97 Å². The van der Waals surface area contributed by atoms with Crippen LogP contribution >= 0.6 is 0 Å². The van der Waals surface area contributed by atoms with Gasteiger partial charge < -0.3 is 10.5 Å². The van der Waals surface area contributed by atoms with Crippen LogP contribution in [0, 0.1) is 11.3 Å². The van der Waals surface area contributed by atoms with Crippen LogP contribution in [0.2, 0.25) is 0 Å². The Hall–Kier alpha value is -2.09. The smallest absolute Gasteiger partial charge is 0.341 e. The van der Waals surface area contributed by atoms with Crippen LogP contribution in [0.15, 0.2) is 12.3 Å². The summed E-state index contributed by atoms with van der Waals surface area (Å²) in [6.45, 7) is 1.98. The normalized spacial score (nSPS) is 9.14. The number of rotatable bonds is 2. The van der Waals surface area contributed by atoms with Crippen molar-refractivity contribution in [2.45, 2.75) is 6.92 Å². The van der Waals surface area contributed by atoms with Crippen molar-refractivity contribution in [2.24, 2.45) is 0 Å². The third-order valence-electron chi connectivity index (χ3n) is 1.55. The van der Waals surface area contributed by atoms with Crippen molar-refractivity contribution in [1.82, 2.24) is 4.98 Å². The number of nitriles is 1. The van der Waals surface area contributed by atoms with E-state index in [0.29, 0.717) is 0 Å². The monoisotopic (exact) mass is 191 g/mol. The van der Waals surface area contributed by atoms with E-state index in [1.807, 2.05) is 6.07 Å².